The Morgan fingerprint density at radius 2 is 2.20 bits per heavy atom. The van der Waals surface area contributed by atoms with E-state index in [2.05, 4.69) is 5.32 Å². The van der Waals surface area contributed by atoms with E-state index >= 15 is 0 Å². The van der Waals surface area contributed by atoms with Crippen LogP contribution in [0.15, 0.2) is 28.7 Å². The molecule has 0 radical (unpaired) electrons. The van der Waals surface area contributed by atoms with Gasteiger partial charge in [0.15, 0.2) is 0 Å². The average molecular weight is 293 g/mol. The van der Waals surface area contributed by atoms with Crippen LogP contribution in [0, 0.1) is 6.92 Å². The van der Waals surface area contributed by atoms with Crippen molar-refractivity contribution in [1.29, 1.82) is 0 Å². The van der Waals surface area contributed by atoms with Gasteiger partial charge in [-0.25, -0.2) is 0 Å². The summed E-state index contributed by atoms with van der Waals surface area (Å²) in [6.45, 7) is 2.27. The third-order valence-electron chi connectivity index (χ3n) is 3.26. The second-order valence-corrected chi connectivity index (χ2v) is 5.65. The number of amides is 1. The third-order valence-corrected chi connectivity index (χ3v) is 3.91. The van der Waals surface area contributed by atoms with E-state index in [9.17, 15) is 9.90 Å². The van der Waals surface area contributed by atoms with Crippen molar-refractivity contribution >= 4 is 28.6 Å². The van der Waals surface area contributed by atoms with Crippen molar-refractivity contribution < 1.29 is 14.3 Å². The highest BCUT2D eigenvalue weighted by molar-refractivity contribution is 7.98. The molecule has 2 rings (SSSR count). The number of aliphatic hydroxyl groups is 1. The zero-order valence-corrected chi connectivity index (χ0v) is 12.5. The highest BCUT2D eigenvalue weighted by Gasteiger charge is 2.16. The van der Waals surface area contributed by atoms with Crippen molar-refractivity contribution in [2.75, 3.05) is 12.0 Å². The molecule has 1 amide bonds. The van der Waals surface area contributed by atoms with E-state index in [0.717, 1.165) is 28.0 Å². The molecule has 1 unspecified atom stereocenters. The number of nitrogens with one attached hydrogen (secondary N) is 1. The topological polar surface area (TPSA) is 62.5 Å². The van der Waals surface area contributed by atoms with E-state index in [4.69, 9.17) is 4.42 Å². The van der Waals surface area contributed by atoms with Crippen molar-refractivity contribution in [3.8, 4) is 0 Å². The zero-order chi connectivity index (χ0) is 14.5. The number of carbonyl (C=O) groups is 1. The molecule has 2 N–H and O–H groups in total. The van der Waals surface area contributed by atoms with E-state index in [-0.39, 0.29) is 5.91 Å². The first-order valence-electron chi connectivity index (χ1n) is 6.55. The van der Waals surface area contributed by atoms with Crippen LogP contribution in [0.5, 0.6) is 0 Å². The van der Waals surface area contributed by atoms with Gasteiger partial charge >= 0.3 is 0 Å². The fourth-order valence-corrected chi connectivity index (χ4v) is 2.50. The first-order valence-corrected chi connectivity index (χ1v) is 7.94. The van der Waals surface area contributed by atoms with Crippen LogP contribution in [0.3, 0.4) is 0 Å². The normalized spacial score (nSPS) is 12.6. The minimum absolute atomic E-state index is 0.301. The number of benzene rings is 1. The molecular formula is C15H19NO3S. The molecule has 1 atom stereocenters. The van der Waals surface area contributed by atoms with Crippen LogP contribution >= 0.6 is 11.8 Å². The zero-order valence-electron chi connectivity index (χ0n) is 11.7. The molecule has 0 aliphatic heterocycles. The van der Waals surface area contributed by atoms with Crippen molar-refractivity contribution in [3.05, 3.63) is 35.6 Å². The van der Waals surface area contributed by atoms with Crippen LogP contribution < -0.4 is 5.32 Å². The summed E-state index contributed by atoms with van der Waals surface area (Å²) in [6.07, 6.45) is 1.46. The van der Waals surface area contributed by atoms with E-state index < -0.39 is 6.10 Å². The highest BCUT2D eigenvalue weighted by Crippen LogP contribution is 2.24. The quantitative estimate of drug-likeness (QED) is 0.859. The maximum atomic E-state index is 11.7. The first-order chi connectivity index (χ1) is 9.63. The summed E-state index contributed by atoms with van der Waals surface area (Å²) in [5.74, 6) is 1.15. The molecule has 0 aliphatic rings. The molecule has 108 valence electrons. The van der Waals surface area contributed by atoms with Gasteiger partial charge in [0.1, 0.15) is 17.4 Å². The summed E-state index contributed by atoms with van der Waals surface area (Å²) in [6, 6.07) is 7.77. The first kappa shape index (κ1) is 14.9. The van der Waals surface area contributed by atoms with Crippen LogP contribution in [-0.4, -0.2) is 29.1 Å². The maximum absolute atomic E-state index is 11.7. The van der Waals surface area contributed by atoms with Gasteiger partial charge < -0.3 is 14.8 Å². The molecule has 0 fully saturated rings. The fourth-order valence-electron chi connectivity index (χ4n) is 2.04. The van der Waals surface area contributed by atoms with E-state index in [1.165, 1.54) is 0 Å². The molecule has 1 aromatic heterocycles. The van der Waals surface area contributed by atoms with Crippen LogP contribution in [0.4, 0.5) is 0 Å². The number of para-hydroxylation sites is 1. The Morgan fingerprint density at radius 3 is 2.90 bits per heavy atom. The molecule has 20 heavy (non-hydrogen) atoms. The summed E-state index contributed by atoms with van der Waals surface area (Å²) in [7, 11) is 0. The van der Waals surface area contributed by atoms with Gasteiger partial charge in [-0.05, 0) is 31.4 Å². The Labute approximate surface area is 122 Å². The SMILES string of the molecule is CSCCC(O)C(=O)NCc1oc2ccccc2c1C. The number of hydrogen-bond donors (Lipinski definition) is 2. The van der Waals surface area contributed by atoms with Crippen molar-refractivity contribution in [3.63, 3.8) is 0 Å². The highest BCUT2D eigenvalue weighted by atomic mass is 32.2. The number of aliphatic hydroxyl groups excluding tert-OH is 1. The van der Waals surface area contributed by atoms with Crippen LogP contribution in [0.2, 0.25) is 0 Å². The van der Waals surface area contributed by atoms with Gasteiger partial charge in [-0.3, -0.25) is 4.79 Å². The Bertz CT molecular complexity index is 594. The molecule has 0 aliphatic carbocycles. The molecule has 0 spiro atoms. The number of aryl methyl sites for hydroxylation is 1. The summed E-state index contributed by atoms with van der Waals surface area (Å²) in [4.78, 5) is 11.7. The van der Waals surface area contributed by atoms with Gasteiger partial charge in [-0.1, -0.05) is 18.2 Å². The Hall–Kier alpha value is -1.46. The maximum Gasteiger partial charge on any atom is 0.249 e. The van der Waals surface area contributed by atoms with Gasteiger partial charge in [0, 0.05) is 10.9 Å². The van der Waals surface area contributed by atoms with E-state index in [1.54, 1.807) is 11.8 Å². The lowest BCUT2D eigenvalue weighted by atomic mass is 10.1. The smallest absolute Gasteiger partial charge is 0.249 e. The van der Waals surface area contributed by atoms with Crippen molar-refractivity contribution in [2.45, 2.75) is 26.0 Å². The Kier molecular flexibility index (Phi) is 5.09. The molecule has 0 saturated heterocycles. The monoisotopic (exact) mass is 293 g/mol. The minimum atomic E-state index is -0.952. The molecule has 0 saturated carbocycles. The number of hydrogen-bond acceptors (Lipinski definition) is 4. The number of furan rings is 1. The molecular weight excluding hydrogens is 274 g/mol. The summed E-state index contributed by atoms with van der Waals surface area (Å²) >= 11 is 1.61. The largest absolute Gasteiger partial charge is 0.459 e. The molecule has 4 nitrogen and oxygen atoms in total. The summed E-state index contributed by atoms with van der Waals surface area (Å²) in [5.41, 5.74) is 1.84. The molecule has 1 aromatic carbocycles. The van der Waals surface area contributed by atoms with Crippen molar-refractivity contribution in [2.24, 2.45) is 0 Å². The standard InChI is InChI=1S/C15H19NO3S/c1-10-11-5-3-4-6-13(11)19-14(10)9-16-15(18)12(17)7-8-20-2/h3-6,12,17H,7-9H2,1-2H3,(H,16,18). The van der Waals surface area contributed by atoms with Gasteiger partial charge in [0.2, 0.25) is 5.91 Å². The Morgan fingerprint density at radius 1 is 1.45 bits per heavy atom. The summed E-state index contributed by atoms with van der Waals surface area (Å²) < 4.78 is 5.71. The van der Waals surface area contributed by atoms with E-state index in [0.29, 0.717) is 13.0 Å². The molecule has 0 bridgehead atoms. The molecule has 2 aromatic rings. The number of thioether (sulfide) groups is 1. The molecule has 5 heteroatoms. The fraction of sp³-hybridized carbons (Fsp3) is 0.400. The third kappa shape index (κ3) is 3.35. The lowest BCUT2D eigenvalue weighted by Gasteiger charge is -2.09. The van der Waals surface area contributed by atoms with Gasteiger partial charge in [0.05, 0.1) is 6.54 Å². The van der Waals surface area contributed by atoms with Gasteiger partial charge in [-0.2, -0.15) is 11.8 Å². The van der Waals surface area contributed by atoms with E-state index in [1.807, 2.05) is 37.4 Å². The van der Waals surface area contributed by atoms with Gasteiger partial charge in [-0.15, -0.1) is 0 Å². The van der Waals surface area contributed by atoms with Crippen LogP contribution in [0.1, 0.15) is 17.7 Å². The number of carbonyl (C=O) groups excluding carboxylic acids is 1. The predicted octanol–water partition coefficient (Wildman–Crippen LogP) is 2.47. The second-order valence-electron chi connectivity index (χ2n) is 4.66. The lowest BCUT2D eigenvalue weighted by molar-refractivity contribution is -0.129. The van der Waals surface area contributed by atoms with Crippen LogP contribution in [-0.2, 0) is 11.3 Å². The predicted molar refractivity (Wildman–Crippen MR) is 81.8 cm³/mol. The van der Waals surface area contributed by atoms with Crippen molar-refractivity contribution in [1.82, 2.24) is 5.32 Å². The van der Waals surface area contributed by atoms with Crippen LogP contribution in [0.25, 0.3) is 11.0 Å². The number of rotatable bonds is 6. The lowest BCUT2D eigenvalue weighted by Crippen LogP contribution is -2.34. The second kappa shape index (κ2) is 6.81. The average Bonchev–Trinajstić information content (AvgIpc) is 2.79. The van der Waals surface area contributed by atoms with Gasteiger partial charge in [0.25, 0.3) is 0 Å². The number of fused-ring (bicyclic) bond motifs is 1. The minimum Gasteiger partial charge on any atom is -0.459 e. The molecule has 1 heterocycles. The Balaban J connectivity index is 1.99. The summed E-state index contributed by atoms with van der Waals surface area (Å²) in [5, 5.41) is 13.5.